The third kappa shape index (κ3) is 2.24. The Morgan fingerprint density at radius 1 is 1.00 bits per heavy atom. The maximum Gasteiger partial charge on any atom is 0.0660 e. The zero-order valence-electron chi connectivity index (χ0n) is 9.00. The summed E-state index contributed by atoms with van der Waals surface area (Å²) < 4.78 is 1.31. The molecule has 0 aliphatic rings. The zero-order valence-corrected chi connectivity index (χ0v) is 11.4. The fraction of sp³-hybridized carbons (Fsp3) is 0.0769. The molecular weight excluding hydrogens is 270 g/mol. The summed E-state index contributed by atoms with van der Waals surface area (Å²) in [5, 5.41) is 5.53. The molecule has 0 saturated heterocycles. The summed E-state index contributed by atoms with van der Waals surface area (Å²) in [7, 11) is 0. The number of nitrogens with two attached hydrogens (primary N) is 1. The molecule has 0 amide bonds. The second-order valence-electron chi connectivity index (χ2n) is 3.68. The average Bonchev–Trinajstić information content (AvgIpc) is 2.98. The monoisotopic (exact) mass is 281 g/mol. The molecular formula is C13H12ClNS2. The standard InChI is InChI=1S/C13H11NS2.ClH/c14-13(12-6-3-7-15-12)10-8-16-11-5-2-1-4-9(10)11;/h1-8,13H,14H2;1H/t13-;/m1./s1. The molecule has 1 nitrogen and oxygen atoms in total. The predicted octanol–water partition coefficient (Wildman–Crippen LogP) is 4.43. The van der Waals surface area contributed by atoms with Gasteiger partial charge in [0.2, 0.25) is 0 Å². The first kappa shape index (κ1) is 12.6. The van der Waals surface area contributed by atoms with Gasteiger partial charge in [-0.2, -0.15) is 0 Å². The van der Waals surface area contributed by atoms with Crippen LogP contribution in [0.1, 0.15) is 16.5 Å². The van der Waals surface area contributed by atoms with Crippen LogP contribution in [0.25, 0.3) is 10.1 Å². The minimum absolute atomic E-state index is 0. The van der Waals surface area contributed by atoms with E-state index in [1.807, 2.05) is 0 Å². The zero-order chi connectivity index (χ0) is 11.0. The molecule has 4 heteroatoms. The van der Waals surface area contributed by atoms with E-state index in [0.717, 1.165) is 0 Å². The Balaban J connectivity index is 0.00000108. The average molecular weight is 282 g/mol. The second-order valence-corrected chi connectivity index (χ2v) is 5.57. The maximum absolute atomic E-state index is 6.29. The molecule has 3 rings (SSSR count). The number of benzene rings is 1. The quantitative estimate of drug-likeness (QED) is 0.739. The van der Waals surface area contributed by atoms with Crippen LogP contribution in [-0.2, 0) is 0 Å². The summed E-state index contributed by atoms with van der Waals surface area (Å²) in [6.07, 6.45) is 0. The Kier molecular flexibility index (Phi) is 3.84. The van der Waals surface area contributed by atoms with E-state index in [9.17, 15) is 0 Å². The van der Waals surface area contributed by atoms with Crippen molar-refractivity contribution in [2.45, 2.75) is 6.04 Å². The molecule has 0 unspecified atom stereocenters. The SMILES string of the molecule is Cl.N[C@@H](c1cccs1)c1csc2ccccc12. The van der Waals surface area contributed by atoms with Gasteiger partial charge in [0.25, 0.3) is 0 Å². The lowest BCUT2D eigenvalue weighted by atomic mass is 10.1. The molecule has 0 radical (unpaired) electrons. The first-order chi connectivity index (χ1) is 7.86. The van der Waals surface area contributed by atoms with E-state index in [1.54, 1.807) is 22.7 Å². The van der Waals surface area contributed by atoms with Crippen LogP contribution in [0.15, 0.2) is 47.2 Å². The van der Waals surface area contributed by atoms with Crippen molar-refractivity contribution in [2.24, 2.45) is 5.73 Å². The molecule has 3 aromatic rings. The highest BCUT2D eigenvalue weighted by Crippen LogP contribution is 2.33. The lowest BCUT2D eigenvalue weighted by molar-refractivity contribution is 0.908. The van der Waals surface area contributed by atoms with Crippen LogP contribution in [0, 0.1) is 0 Å². The van der Waals surface area contributed by atoms with E-state index in [-0.39, 0.29) is 18.4 Å². The molecule has 0 fully saturated rings. The number of halogens is 1. The largest absolute Gasteiger partial charge is 0.320 e. The van der Waals surface area contributed by atoms with E-state index in [1.165, 1.54) is 20.5 Å². The summed E-state index contributed by atoms with van der Waals surface area (Å²) in [4.78, 5) is 1.23. The van der Waals surface area contributed by atoms with Crippen LogP contribution in [0.5, 0.6) is 0 Å². The molecule has 0 aliphatic heterocycles. The minimum atomic E-state index is 0. The normalized spacial score (nSPS) is 12.3. The van der Waals surface area contributed by atoms with Gasteiger partial charge in [0.1, 0.15) is 0 Å². The van der Waals surface area contributed by atoms with Crippen molar-refractivity contribution in [2.75, 3.05) is 0 Å². The lowest BCUT2D eigenvalue weighted by Gasteiger charge is -2.08. The second kappa shape index (κ2) is 5.19. The summed E-state index contributed by atoms with van der Waals surface area (Å²) in [5.74, 6) is 0. The molecule has 0 aliphatic carbocycles. The third-order valence-corrected chi connectivity index (χ3v) is 4.63. The molecule has 2 aromatic heterocycles. The van der Waals surface area contributed by atoms with Crippen LogP contribution < -0.4 is 5.73 Å². The molecule has 1 atom stereocenters. The number of rotatable bonds is 2. The van der Waals surface area contributed by atoms with E-state index in [0.29, 0.717) is 0 Å². The molecule has 1 aromatic carbocycles. The van der Waals surface area contributed by atoms with E-state index < -0.39 is 0 Å². The smallest absolute Gasteiger partial charge is 0.0660 e. The number of thiophene rings is 2. The summed E-state index contributed by atoms with van der Waals surface area (Å²) in [6, 6.07) is 12.6. The van der Waals surface area contributed by atoms with Crippen molar-refractivity contribution in [3.8, 4) is 0 Å². The number of hydrogen-bond acceptors (Lipinski definition) is 3. The van der Waals surface area contributed by atoms with Crippen molar-refractivity contribution in [1.82, 2.24) is 0 Å². The summed E-state index contributed by atoms with van der Waals surface area (Å²) >= 11 is 3.48. The van der Waals surface area contributed by atoms with E-state index in [2.05, 4.69) is 47.2 Å². The summed E-state index contributed by atoms with van der Waals surface area (Å²) in [5.41, 5.74) is 7.53. The van der Waals surface area contributed by atoms with Gasteiger partial charge in [-0.3, -0.25) is 0 Å². The van der Waals surface area contributed by atoms with Gasteiger partial charge >= 0.3 is 0 Å². The maximum atomic E-state index is 6.29. The Bertz CT molecular complexity index is 601. The lowest BCUT2D eigenvalue weighted by Crippen LogP contribution is -2.09. The van der Waals surface area contributed by atoms with Crippen molar-refractivity contribution in [3.63, 3.8) is 0 Å². The van der Waals surface area contributed by atoms with Gasteiger partial charge in [0.05, 0.1) is 6.04 Å². The molecule has 17 heavy (non-hydrogen) atoms. The van der Waals surface area contributed by atoms with Gasteiger partial charge in [0, 0.05) is 9.58 Å². The van der Waals surface area contributed by atoms with Crippen LogP contribution >= 0.6 is 35.1 Å². The Hall–Kier alpha value is -0.870. The number of fused-ring (bicyclic) bond motifs is 1. The Labute approximate surface area is 114 Å². The Morgan fingerprint density at radius 3 is 2.59 bits per heavy atom. The van der Waals surface area contributed by atoms with Gasteiger partial charge in [-0.1, -0.05) is 24.3 Å². The van der Waals surface area contributed by atoms with Crippen LogP contribution in [-0.4, -0.2) is 0 Å². The van der Waals surface area contributed by atoms with Crippen LogP contribution in [0.3, 0.4) is 0 Å². The highest BCUT2D eigenvalue weighted by molar-refractivity contribution is 7.17. The molecule has 0 bridgehead atoms. The van der Waals surface area contributed by atoms with Gasteiger partial charge in [0.15, 0.2) is 0 Å². The fourth-order valence-corrected chi connectivity index (χ4v) is 3.60. The first-order valence-electron chi connectivity index (χ1n) is 5.11. The molecule has 0 saturated carbocycles. The highest BCUT2D eigenvalue weighted by atomic mass is 35.5. The van der Waals surface area contributed by atoms with Crippen molar-refractivity contribution >= 4 is 45.2 Å². The van der Waals surface area contributed by atoms with E-state index in [4.69, 9.17) is 5.73 Å². The topological polar surface area (TPSA) is 26.0 Å². The molecule has 2 N–H and O–H groups in total. The van der Waals surface area contributed by atoms with Crippen LogP contribution in [0.4, 0.5) is 0 Å². The highest BCUT2D eigenvalue weighted by Gasteiger charge is 2.13. The Morgan fingerprint density at radius 2 is 1.82 bits per heavy atom. The van der Waals surface area contributed by atoms with Gasteiger partial charge in [-0.25, -0.2) is 0 Å². The number of hydrogen-bond donors (Lipinski definition) is 1. The van der Waals surface area contributed by atoms with Gasteiger partial charge < -0.3 is 5.73 Å². The third-order valence-electron chi connectivity index (χ3n) is 2.70. The fourth-order valence-electron chi connectivity index (χ4n) is 1.86. The molecule has 2 heterocycles. The van der Waals surface area contributed by atoms with Crippen molar-refractivity contribution < 1.29 is 0 Å². The van der Waals surface area contributed by atoms with Crippen LogP contribution in [0.2, 0.25) is 0 Å². The van der Waals surface area contributed by atoms with Gasteiger partial charge in [-0.05, 0) is 33.8 Å². The molecule has 88 valence electrons. The first-order valence-corrected chi connectivity index (χ1v) is 6.87. The summed E-state index contributed by atoms with van der Waals surface area (Å²) in [6.45, 7) is 0. The van der Waals surface area contributed by atoms with Crippen molar-refractivity contribution in [3.05, 3.63) is 57.6 Å². The molecule has 0 spiro atoms. The minimum Gasteiger partial charge on any atom is -0.320 e. The van der Waals surface area contributed by atoms with Crippen molar-refractivity contribution in [1.29, 1.82) is 0 Å². The van der Waals surface area contributed by atoms with Gasteiger partial charge in [-0.15, -0.1) is 35.1 Å². The van der Waals surface area contributed by atoms with E-state index >= 15 is 0 Å². The predicted molar refractivity (Wildman–Crippen MR) is 79.4 cm³/mol.